The van der Waals surface area contributed by atoms with E-state index in [4.69, 9.17) is 4.74 Å². The summed E-state index contributed by atoms with van der Waals surface area (Å²) in [5.74, 6) is -0.575. The molecule has 1 aliphatic rings. The van der Waals surface area contributed by atoms with Gasteiger partial charge < -0.3 is 9.84 Å². The Labute approximate surface area is 229 Å². The largest absolute Gasteiger partial charge is 0.507 e. The minimum Gasteiger partial charge on any atom is -0.507 e. The summed E-state index contributed by atoms with van der Waals surface area (Å²) in [4.78, 5) is 28.0. The van der Waals surface area contributed by atoms with Gasteiger partial charge in [-0.1, -0.05) is 93.6 Å². The normalized spacial score (nSPS) is 16.8. The molecule has 1 fully saturated rings. The monoisotopic (exact) mass is 593 g/mol. The van der Waals surface area contributed by atoms with E-state index in [2.05, 4.69) is 26.1 Å². The van der Waals surface area contributed by atoms with Crippen LogP contribution in [-0.4, -0.2) is 34.1 Å². The number of ketones is 1. The summed E-state index contributed by atoms with van der Waals surface area (Å²) in [5, 5.41) is 20.0. The Kier molecular flexibility index (Phi) is 7.40. The van der Waals surface area contributed by atoms with E-state index in [1.807, 2.05) is 30.3 Å². The Morgan fingerprint density at radius 2 is 1.81 bits per heavy atom. The van der Waals surface area contributed by atoms with E-state index in [0.29, 0.717) is 27.0 Å². The number of thioether (sulfide) groups is 1. The topological polar surface area (TPSA) is 92.6 Å². The van der Waals surface area contributed by atoms with Gasteiger partial charge >= 0.3 is 5.91 Å². The van der Waals surface area contributed by atoms with Gasteiger partial charge in [-0.3, -0.25) is 14.5 Å². The van der Waals surface area contributed by atoms with E-state index in [0.717, 1.165) is 10.0 Å². The van der Waals surface area contributed by atoms with Crippen LogP contribution in [0, 0.1) is 0 Å². The average Bonchev–Trinajstić information content (AvgIpc) is 3.50. The zero-order valence-electron chi connectivity index (χ0n) is 19.5. The number of carbonyl (C=O) groups is 2. The molecule has 186 valence electrons. The molecule has 4 aromatic rings. The highest BCUT2D eigenvalue weighted by Crippen LogP contribution is 2.44. The van der Waals surface area contributed by atoms with Gasteiger partial charge in [-0.2, -0.15) is 0 Å². The molecule has 0 saturated carbocycles. The number of rotatable bonds is 7. The minimum absolute atomic E-state index is 0.0192. The highest BCUT2D eigenvalue weighted by atomic mass is 79.9. The first-order valence-electron chi connectivity index (χ1n) is 11.2. The summed E-state index contributed by atoms with van der Waals surface area (Å²) >= 11 is 6.10. The SMILES string of the molecule is COc1cccc(C2/C(=C(/O)c3ccc(Br)cc3)C(=O)C(=O)N2c2nnc(SCc3ccccc3)s2)c1. The van der Waals surface area contributed by atoms with Gasteiger partial charge in [0.25, 0.3) is 5.78 Å². The van der Waals surface area contributed by atoms with Crippen LogP contribution in [0.1, 0.15) is 22.7 Å². The van der Waals surface area contributed by atoms with Crippen molar-refractivity contribution in [3.05, 3.63) is 106 Å². The summed E-state index contributed by atoms with van der Waals surface area (Å²) in [5.41, 5.74) is 2.14. The Morgan fingerprint density at radius 3 is 2.54 bits per heavy atom. The van der Waals surface area contributed by atoms with E-state index in [-0.39, 0.29) is 16.5 Å². The van der Waals surface area contributed by atoms with Crippen LogP contribution in [0.15, 0.2) is 93.2 Å². The van der Waals surface area contributed by atoms with Crippen molar-refractivity contribution in [1.82, 2.24) is 10.2 Å². The number of benzene rings is 3. The van der Waals surface area contributed by atoms with Crippen LogP contribution >= 0.6 is 39.0 Å². The number of aromatic nitrogens is 2. The van der Waals surface area contributed by atoms with Crippen molar-refractivity contribution in [2.45, 2.75) is 16.1 Å². The summed E-state index contributed by atoms with van der Waals surface area (Å²) < 4.78 is 6.87. The Balaban J connectivity index is 1.56. The van der Waals surface area contributed by atoms with E-state index in [9.17, 15) is 14.7 Å². The van der Waals surface area contributed by atoms with Crippen molar-refractivity contribution in [3.63, 3.8) is 0 Å². The zero-order valence-corrected chi connectivity index (χ0v) is 22.7. The molecule has 1 unspecified atom stereocenters. The predicted octanol–water partition coefficient (Wildman–Crippen LogP) is 6.23. The van der Waals surface area contributed by atoms with Gasteiger partial charge in [-0.15, -0.1) is 10.2 Å². The molecule has 1 saturated heterocycles. The molecule has 1 aromatic heterocycles. The summed E-state index contributed by atoms with van der Waals surface area (Å²) in [6.45, 7) is 0. The van der Waals surface area contributed by atoms with Gasteiger partial charge in [0, 0.05) is 15.8 Å². The molecule has 7 nitrogen and oxygen atoms in total. The molecule has 1 amide bonds. The minimum atomic E-state index is -0.904. The molecular formula is C27H20BrN3O4S2. The number of aliphatic hydroxyl groups excluding tert-OH is 1. The quantitative estimate of drug-likeness (QED) is 0.0892. The van der Waals surface area contributed by atoms with Gasteiger partial charge in [0.2, 0.25) is 5.13 Å². The number of nitrogens with zero attached hydrogens (tertiary/aromatic N) is 3. The van der Waals surface area contributed by atoms with E-state index in [1.54, 1.807) is 55.6 Å². The molecule has 2 heterocycles. The average molecular weight is 595 g/mol. The first-order chi connectivity index (χ1) is 18.0. The number of Topliss-reactive ketones (excluding diaryl/α,β-unsaturated/α-hetero) is 1. The van der Waals surface area contributed by atoms with E-state index >= 15 is 0 Å². The third-order valence-electron chi connectivity index (χ3n) is 5.78. The first-order valence-corrected chi connectivity index (χ1v) is 13.8. The zero-order chi connectivity index (χ0) is 25.9. The molecule has 0 bridgehead atoms. The molecule has 0 radical (unpaired) electrons. The van der Waals surface area contributed by atoms with Crippen molar-refractivity contribution in [2.24, 2.45) is 0 Å². The summed E-state index contributed by atoms with van der Waals surface area (Å²) in [6, 6.07) is 23.0. The van der Waals surface area contributed by atoms with E-state index in [1.165, 1.54) is 28.0 Å². The second kappa shape index (κ2) is 10.9. The van der Waals surface area contributed by atoms with Crippen LogP contribution < -0.4 is 9.64 Å². The molecule has 10 heteroatoms. The number of hydrogen-bond acceptors (Lipinski definition) is 8. The molecule has 37 heavy (non-hydrogen) atoms. The smallest absolute Gasteiger partial charge is 0.301 e. The van der Waals surface area contributed by atoms with Gasteiger partial charge in [0.05, 0.1) is 18.7 Å². The number of halogens is 1. The standard InChI is InChI=1S/C27H20BrN3O4S2/c1-35-20-9-5-8-18(14-20)22-21(23(32)17-10-12-19(28)13-11-17)24(33)25(34)31(22)26-29-30-27(37-26)36-15-16-6-3-2-4-7-16/h2-14,22,32H,15H2,1H3/b23-21-. The van der Waals surface area contributed by atoms with Gasteiger partial charge in [0.15, 0.2) is 4.34 Å². The van der Waals surface area contributed by atoms with Gasteiger partial charge in [-0.25, -0.2) is 0 Å². The fourth-order valence-electron chi connectivity index (χ4n) is 4.00. The third-order valence-corrected chi connectivity index (χ3v) is 8.43. The highest BCUT2D eigenvalue weighted by molar-refractivity contribution is 9.10. The second-order valence-corrected chi connectivity index (χ2v) is 11.2. The number of carbonyl (C=O) groups excluding carboxylic acids is 2. The predicted molar refractivity (Wildman–Crippen MR) is 148 cm³/mol. The molecule has 0 aliphatic carbocycles. The fraction of sp³-hybridized carbons (Fsp3) is 0.111. The third kappa shape index (κ3) is 5.18. The Morgan fingerprint density at radius 1 is 1.05 bits per heavy atom. The lowest BCUT2D eigenvalue weighted by molar-refractivity contribution is -0.132. The molecule has 1 aliphatic heterocycles. The van der Waals surface area contributed by atoms with Crippen molar-refractivity contribution in [3.8, 4) is 5.75 Å². The number of hydrogen-bond donors (Lipinski definition) is 1. The molecule has 1 N–H and O–H groups in total. The summed E-state index contributed by atoms with van der Waals surface area (Å²) in [7, 11) is 1.54. The highest BCUT2D eigenvalue weighted by Gasteiger charge is 2.48. The number of anilines is 1. The number of aliphatic hydroxyl groups is 1. The number of amides is 1. The van der Waals surface area contributed by atoms with Crippen LogP contribution in [0.5, 0.6) is 5.75 Å². The second-order valence-electron chi connectivity index (χ2n) is 8.08. The maximum absolute atomic E-state index is 13.4. The van der Waals surface area contributed by atoms with Crippen LogP contribution in [0.2, 0.25) is 0 Å². The van der Waals surface area contributed by atoms with Crippen LogP contribution in [0.25, 0.3) is 5.76 Å². The van der Waals surface area contributed by atoms with Crippen LogP contribution in [-0.2, 0) is 15.3 Å². The maximum atomic E-state index is 13.4. The summed E-state index contributed by atoms with van der Waals surface area (Å²) in [6.07, 6.45) is 0. The Hall–Kier alpha value is -3.47. The van der Waals surface area contributed by atoms with Crippen LogP contribution in [0.4, 0.5) is 5.13 Å². The van der Waals surface area contributed by atoms with Crippen molar-refractivity contribution in [2.75, 3.05) is 12.0 Å². The molecule has 0 spiro atoms. The molecule has 3 aromatic carbocycles. The molecule has 1 atom stereocenters. The van der Waals surface area contributed by atoms with Crippen molar-refractivity contribution >= 4 is 61.6 Å². The van der Waals surface area contributed by atoms with Gasteiger partial charge in [-0.05, 0) is 35.4 Å². The maximum Gasteiger partial charge on any atom is 0.301 e. The number of methoxy groups -OCH3 is 1. The van der Waals surface area contributed by atoms with Crippen molar-refractivity contribution < 1.29 is 19.4 Å². The fourth-order valence-corrected chi connectivity index (χ4v) is 6.09. The molecular weight excluding hydrogens is 574 g/mol. The van der Waals surface area contributed by atoms with Gasteiger partial charge in [0.1, 0.15) is 11.5 Å². The van der Waals surface area contributed by atoms with Crippen LogP contribution in [0.3, 0.4) is 0 Å². The lowest BCUT2D eigenvalue weighted by Gasteiger charge is -2.22. The Bertz CT molecular complexity index is 1490. The molecule has 5 rings (SSSR count). The number of ether oxygens (including phenoxy) is 1. The lowest BCUT2D eigenvalue weighted by atomic mass is 9.95. The van der Waals surface area contributed by atoms with Crippen molar-refractivity contribution in [1.29, 1.82) is 0 Å². The first kappa shape index (κ1) is 25.2. The lowest BCUT2D eigenvalue weighted by Crippen LogP contribution is -2.29. The van der Waals surface area contributed by atoms with E-state index < -0.39 is 17.7 Å².